The fourth-order valence-electron chi connectivity index (χ4n) is 4.85. The predicted molar refractivity (Wildman–Crippen MR) is 104 cm³/mol. The van der Waals surface area contributed by atoms with Crippen LogP contribution >= 0.6 is 0 Å². The van der Waals surface area contributed by atoms with Crippen molar-refractivity contribution in [2.75, 3.05) is 19.6 Å². The van der Waals surface area contributed by atoms with Gasteiger partial charge >= 0.3 is 6.09 Å². The van der Waals surface area contributed by atoms with Gasteiger partial charge in [-0.25, -0.2) is 4.79 Å². The number of ether oxygens (including phenoxy) is 1. The first-order chi connectivity index (χ1) is 13.2. The lowest BCUT2D eigenvalue weighted by Crippen LogP contribution is -2.54. The highest BCUT2D eigenvalue weighted by molar-refractivity contribution is 5.86. The molecule has 4 heterocycles. The van der Waals surface area contributed by atoms with Crippen molar-refractivity contribution in [3.05, 3.63) is 34.2 Å². The van der Waals surface area contributed by atoms with Crippen molar-refractivity contribution in [2.24, 2.45) is 5.92 Å². The van der Waals surface area contributed by atoms with Gasteiger partial charge in [-0.2, -0.15) is 0 Å². The van der Waals surface area contributed by atoms with Gasteiger partial charge in [0.25, 0.3) is 5.56 Å². The predicted octanol–water partition coefficient (Wildman–Crippen LogP) is 2.19. The molecule has 1 aromatic rings. The minimum Gasteiger partial charge on any atom is -0.444 e. The molecule has 2 bridgehead atoms. The van der Waals surface area contributed by atoms with E-state index in [4.69, 9.17) is 4.74 Å². The fraction of sp³-hybridized carbons (Fsp3) is 0.667. The van der Waals surface area contributed by atoms with Crippen LogP contribution in [0.15, 0.2) is 23.0 Å². The quantitative estimate of drug-likeness (QED) is 0.741. The molecule has 1 aromatic heterocycles. The number of hydrogen-bond acceptors (Lipinski definition) is 4. The molecule has 0 N–H and O–H groups in total. The molecule has 0 spiro atoms. The van der Waals surface area contributed by atoms with E-state index in [0.29, 0.717) is 32.6 Å². The summed E-state index contributed by atoms with van der Waals surface area (Å²) in [5, 5.41) is 0. The van der Waals surface area contributed by atoms with Crippen LogP contribution in [0.5, 0.6) is 0 Å². The second-order valence-electron chi connectivity index (χ2n) is 9.27. The number of nitrogens with zero attached hydrogens (tertiary/aromatic N) is 3. The van der Waals surface area contributed by atoms with Gasteiger partial charge in [-0.1, -0.05) is 6.07 Å². The topological polar surface area (TPSA) is 71.8 Å². The molecule has 7 nitrogen and oxygen atoms in total. The first-order valence-corrected chi connectivity index (χ1v) is 10.2. The van der Waals surface area contributed by atoms with Gasteiger partial charge in [0.2, 0.25) is 5.91 Å². The smallest absolute Gasteiger partial charge is 0.410 e. The van der Waals surface area contributed by atoms with Crippen LogP contribution in [0, 0.1) is 5.92 Å². The Morgan fingerprint density at radius 1 is 1.14 bits per heavy atom. The number of aromatic nitrogens is 1. The van der Waals surface area contributed by atoms with E-state index in [9.17, 15) is 14.4 Å². The Hall–Kier alpha value is -2.31. The second-order valence-corrected chi connectivity index (χ2v) is 9.27. The van der Waals surface area contributed by atoms with Crippen LogP contribution in [0.3, 0.4) is 0 Å². The van der Waals surface area contributed by atoms with Gasteiger partial charge in [0.1, 0.15) is 11.6 Å². The maximum Gasteiger partial charge on any atom is 0.410 e. The third-order valence-electron chi connectivity index (χ3n) is 5.96. The SMILES string of the molecule is CC(C)(C)OC(=O)N1CCCC1C(=O)N1CC2CC(C1)c1cccc(=O)n1C2. The van der Waals surface area contributed by atoms with Crippen molar-refractivity contribution in [1.29, 1.82) is 0 Å². The zero-order chi connectivity index (χ0) is 20.1. The summed E-state index contributed by atoms with van der Waals surface area (Å²) in [6.45, 7) is 7.99. The number of piperidine rings is 1. The van der Waals surface area contributed by atoms with Crippen molar-refractivity contribution in [1.82, 2.24) is 14.4 Å². The molecule has 3 aliphatic heterocycles. The lowest BCUT2D eigenvalue weighted by atomic mass is 9.83. The summed E-state index contributed by atoms with van der Waals surface area (Å²) < 4.78 is 7.37. The summed E-state index contributed by atoms with van der Waals surface area (Å²) in [4.78, 5) is 41.5. The van der Waals surface area contributed by atoms with E-state index < -0.39 is 17.7 Å². The third-order valence-corrected chi connectivity index (χ3v) is 5.96. The molecule has 152 valence electrons. The number of carbonyl (C=O) groups is 2. The molecule has 28 heavy (non-hydrogen) atoms. The maximum absolute atomic E-state index is 13.3. The van der Waals surface area contributed by atoms with Crippen molar-refractivity contribution in [3.63, 3.8) is 0 Å². The Morgan fingerprint density at radius 2 is 1.93 bits per heavy atom. The largest absolute Gasteiger partial charge is 0.444 e. The summed E-state index contributed by atoms with van der Waals surface area (Å²) in [5.41, 5.74) is 0.488. The van der Waals surface area contributed by atoms with Crippen LogP contribution in [0.2, 0.25) is 0 Å². The van der Waals surface area contributed by atoms with E-state index >= 15 is 0 Å². The zero-order valence-electron chi connectivity index (χ0n) is 16.9. The molecule has 3 aliphatic rings. The minimum atomic E-state index is -0.577. The van der Waals surface area contributed by atoms with Crippen LogP contribution in [0.1, 0.15) is 51.6 Å². The summed E-state index contributed by atoms with van der Waals surface area (Å²) in [5.74, 6) is 0.484. The van der Waals surface area contributed by atoms with E-state index in [1.807, 2.05) is 36.3 Å². The first kappa shape index (κ1) is 19.0. The fourth-order valence-corrected chi connectivity index (χ4v) is 4.85. The van der Waals surface area contributed by atoms with Gasteiger partial charge in [-0.05, 0) is 52.0 Å². The number of fused-ring (bicyclic) bond motifs is 4. The molecule has 0 saturated carbocycles. The van der Waals surface area contributed by atoms with E-state index in [0.717, 1.165) is 18.5 Å². The highest BCUT2D eigenvalue weighted by atomic mass is 16.6. The summed E-state index contributed by atoms with van der Waals surface area (Å²) in [7, 11) is 0. The van der Waals surface area contributed by atoms with Crippen LogP contribution < -0.4 is 5.56 Å². The Balaban J connectivity index is 1.50. The lowest BCUT2D eigenvalue weighted by Gasteiger charge is -2.44. The Bertz CT molecular complexity index is 841. The van der Waals surface area contributed by atoms with Gasteiger partial charge in [0.05, 0.1) is 0 Å². The van der Waals surface area contributed by atoms with Crippen LogP contribution in [0.25, 0.3) is 0 Å². The number of pyridine rings is 1. The molecule has 0 aromatic carbocycles. The Kier molecular flexibility index (Phi) is 4.71. The van der Waals surface area contributed by atoms with Gasteiger partial charge in [0, 0.05) is 43.9 Å². The van der Waals surface area contributed by atoms with E-state index in [1.54, 1.807) is 17.0 Å². The van der Waals surface area contributed by atoms with Gasteiger partial charge in [-0.15, -0.1) is 0 Å². The van der Waals surface area contributed by atoms with Crippen molar-refractivity contribution >= 4 is 12.0 Å². The summed E-state index contributed by atoms with van der Waals surface area (Å²) in [6, 6.07) is 4.96. The molecule has 3 atom stereocenters. The van der Waals surface area contributed by atoms with Crippen LogP contribution in [0.4, 0.5) is 4.79 Å². The average molecular weight is 387 g/mol. The van der Waals surface area contributed by atoms with Gasteiger partial charge < -0.3 is 14.2 Å². The summed E-state index contributed by atoms with van der Waals surface area (Å²) >= 11 is 0. The number of hydrogen-bond donors (Lipinski definition) is 0. The average Bonchev–Trinajstić information content (AvgIpc) is 3.10. The number of amides is 2. The standard InChI is InChI=1S/C21H29N3O4/c1-21(2,3)28-20(27)23-9-5-7-17(23)19(26)22-11-14-10-15(13-22)16-6-4-8-18(25)24(16)12-14/h4,6,8,14-15,17H,5,7,9-13H2,1-3H3. The number of likely N-dealkylation sites (tertiary alicyclic amines) is 2. The van der Waals surface area contributed by atoms with Crippen LogP contribution in [-0.4, -0.2) is 57.6 Å². The monoisotopic (exact) mass is 387 g/mol. The molecule has 0 aliphatic carbocycles. The van der Waals surface area contributed by atoms with Crippen molar-refractivity contribution in [2.45, 2.75) is 64.1 Å². The highest BCUT2D eigenvalue weighted by Gasteiger charge is 2.42. The molecular formula is C21H29N3O4. The molecule has 0 radical (unpaired) electrons. The number of rotatable bonds is 1. The summed E-state index contributed by atoms with van der Waals surface area (Å²) in [6.07, 6.45) is 2.10. The van der Waals surface area contributed by atoms with E-state index in [2.05, 4.69) is 0 Å². The first-order valence-electron chi connectivity index (χ1n) is 10.2. The molecule has 3 unspecified atom stereocenters. The van der Waals surface area contributed by atoms with E-state index in [-0.39, 0.29) is 23.3 Å². The minimum absolute atomic E-state index is 0.0183. The van der Waals surface area contributed by atoms with Gasteiger partial charge in [-0.3, -0.25) is 14.5 Å². The number of carbonyl (C=O) groups excluding carboxylic acids is 2. The highest BCUT2D eigenvalue weighted by Crippen LogP contribution is 2.36. The normalized spacial score (nSPS) is 26.8. The maximum atomic E-state index is 13.3. The van der Waals surface area contributed by atoms with Gasteiger partial charge in [0.15, 0.2) is 0 Å². The molecule has 2 saturated heterocycles. The molecule has 2 fully saturated rings. The Labute approximate surface area is 165 Å². The van der Waals surface area contributed by atoms with Crippen molar-refractivity contribution in [3.8, 4) is 0 Å². The van der Waals surface area contributed by atoms with Crippen molar-refractivity contribution < 1.29 is 14.3 Å². The van der Waals surface area contributed by atoms with E-state index in [1.165, 1.54) is 0 Å². The molecular weight excluding hydrogens is 358 g/mol. The molecule has 7 heteroatoms. The molecule has 2 amide bonds. The third kappa shape index (κ3) is 3.54. The zero-order valence-corrected chi connectivity index (χ0v) is 16.9. The van der Waals surface area contributed by atoms with Crippen LogP contribution in [-0.2, 0) is 16.1 Å². The molecule has 4 rings (SSSR count). The lowest BCUT2D eigenvalue weighted by molar-refractivity contribution is -0.138. The second kappa shape index (κ2) is 6.94. The Morgan fingerprint density at radius 3 is 2.68 bits per heavy atom.